The Morgan fingerprint density at radius 1 is 1.40 bits per heavy atom. The minimum atomic E-state index is 0.475. The summed E-state index contributed by atoms with van der Waals surface area (Å²) in [7, 11) is 0. The molecule has 1 saturated carbocycles. The third-order valence-corrected chi connectivity index (χ3v) is 3.58. The fraction of sp³-hybridized carbons (Fsp3) is 0.636. The van der Waals surface area contributed by atoms with Crippen molar-refractivity contribution in [2.75, 3.05) is 11.4 Å². The van der Waals surface area contributed by atoms with Crippen LogP contribution in [0.3, 0.4) is 0 Å². The maximum Gasteiger partial charge on any atom is 0.147 e. The second-order valence-electron chi connectivity index (χ2n) is 4.56. The molecule has 2 heterocycles. The van der Waals surface area contributed by atoms with E-state index in [0.29, 0.717) is 12.6 Å². The maximum atomic E-state index is 5.57. The first-order valence-corrected chi connectivity index (χ1v) is 5.64. The van der Waals surface area contributed by atoms with Gasteiger partial charge in [-0.1, -0.05) is 0 Å². The van der Waals surface area contributed by atoms with Gasteiger partial charge in [0.05, 0.1) is 11.9 Å². The normalized spacial score (nSPS) is 28.7. The molecular formula is C11H16N4. The summed E-state index contributed by atoms with van der Waals surface area (Å²) in [6.45, 7) is 1.64. The number of nitrogens with two attached hydrogens (primary N) is 1. The Balaban J connectivity index is 1.86. The van der Waals surface area contributed by atoms with Crippen LogP contribution in [0.25, 0.3) is 0 Å². The number of hydrogen-bond donors (Lipinski definition) is 1. The van der Waals surface area contributed by atoms with Crippen molar-refractivity contribution in [2.45, 2.75) is 31.8 Å². The molecule has 0 radical (unpaired) electrons. The molecule has 1 aliphatic heterocycles. The second kappa shape index (κ2) is 3.45. The van der Waals surface area contributed by atoms with Crippen molar-refractivity contribution in [2.24, 2.45) is 11.7 Å². The Morgan fingerprint density at radius 2 is 2.33 bits per heavy atom. The first kappa shape index (κ1) is 9.09. The van der Waals surface area contributed by atoms with Gasteiger partial charge in [-0.25, -0.2) is 4.98 Å². The highest BCUT2D eigenvalue weighted by Crippen LogP contribution is 2.39. The minimum Gasteiger partial charge on any atom is -0.352 e. The van der Waals surface area contributed by atoms with E-state index in [9.17, 15) is 0 Å². The van der Waals surface area contributed by atoms with E-state index in [1.54, 1.807) is 6.20 Å². The summed E-state index contributed by atoms with van der Waals surface area (Å²) < 4.78 is 0. The summed E-state index contributed by atoms with van der Waals surface area (Å²) in [4.78, 5) is 11.1. The van der Waals surface area contributed by atoms with Crippen molar-refractivity contribution in [1.82, 2.24) is 9.97 Å². The van der Waals surface area contributed by atoms with Crippen molar-refractivity contribution in [3.8, 4) is 0 Å². The topological polar surface area (TPSA) is 55.0 Å². The number of anilines is 1. The van der Waals surface area contributed by atoms with Crippen molar-refractivity contribution < 1.29 is 0 Å². The molecule has 2 N–H and O–H groups in total. The number of piperidine rings is 1. The smallest absolute Gasteiger partial charge is 0.147 e. The van der Waals surface area contributed by atoms with Crippen LogP contribution < -0.4 is 10.6 Å². The molecule has 0 aromatic carbocycles. The van der Waals surface area contributed by atoms with E-state index >= 15 is 0 Å². The molecule has 4 nitrogen and oxygen atoms in total. The van der Waals surface area contributed by atoms with Crippen molar-refractivity contribution in [3.63, 3.8) is 0 Å². The van der Waals surface area contributed by atoms with Crippen molar-refractivity contribution in [3.05, 3.63) is 18.1 Å². The van der Waals surface area contributed by atoms with Crippen molar-refractivity contribution >= 4 is 5.82 Å². The molecule has 0 amide bonds. The third-order valence-electron chi connectivity index (χ3n) is 3.58. The number of aromatic nitrogens is 2. The summed E-state index contributed by atoms with van der Waals surface area (Å²) >= 11 is 0. The molecule has 2 fully saturated rings. The molecule has 1 aromatic heterocycles. The average Bonchev–Trinajstić information content (AvgIpc) is 2.91. The van der Waals surface area contributed by atoms with Gasteiger partial charge in [0.15, 0.2) is 0 Å². The van der Waals surface area contributed by atoms with E-state index < -0.39 is 0 Å². The van der Waals surface area contributed by atoms with Gasteiger partial charge >= 0.3 is 0 Å². The zero-order valence-electron chi connectivity index (χ0n) is 8.76. The van der Waals surface area contributed by atoms with Crippen LogP contribution in [0.5, 0.6) is 0 Å². The van der Waals surface area contributed by atoms with Gasteiger partial charge in [-0.05, 0) is 25.2 Å². The standard InChI is InChI=1S/C11H16N4/c12-4-9-5-13-6-11(14-9)15-7-8-1-2-10(15)3-8/h5-6,8,10H,1-4,7,12H2. The zero-order valence-corrected chi connectivity index (χ0v) is 8.76. The van der Waals surface area contributed by atoms with E-state index in [0.717, 1.165) is 24.0 Å². The molecule has 2 atom stereocenters. The molecule has 1 saturated heterocycles. The average molecular weight is 204 g/mol. The van der Waals surface area contributed by atoms with Crippen LogP contribution >= 0.6 is 0 Å². The van der Waals surface area contributed by atoms with Crippen LogP contribution in [0.4, 0.5) is 5.82 Å². The summed E-state index contributed by atoms with van der Waals surface area (Å²) in [5, 5.41) is 0. The lowest BCUT2D eigenvalue weighted by Crippen LogP contribution is -2.32. The van der Waals surface area contributed by atoms with E-state index in [4.69, 9.17) is 5.73 Å². The second-order valence-corrected chi connectivity index (χ2v) is 4.56. The maximum absolute atomic E-state index is 5.57. The molecule has 15 heavy (non-hydrogen) atoms. The predicted octanol–water partition coefficient (Wildman–Crippen LogP) is 0.924. The summed E-state index contributed by atoms with van der Waals surface area (Å²) in [6, 6.07) is 0.706. The predicted molar refractivity (Wildman–Crippen MR) is 58.4 cm³/mol. The Morgan fingerprint density at radius 3 is 3.00 bits per heavy atom. The van der Waals surface area contributed by atoms with Crippen LogP contribution in [-0.2, 0) is 6.54 Å². The van der Waals surface area contributed by atoms with Crippen molar-refractivity contribution in [1.29, 1.82) is 0 Å². The van der Waals surface area contributed by atoms with Gasteiger partial charge in [-0.2, -0.15) is 0 Å². The molecule has 2 aliphatic rings. The lowest BCUT2D eigenvalue weighted by molar-refractivity contribution is 0.549. The molecule has 2 bridgehead atoms. The fourth-order valence-electron chi connectivity index (χ4n) is 2.84. The molecule has 80 valence electrons. The first-order chi connectivity index (χ1) is 7.36. The lowest BCUT2D eigenvalue weighted by atomic mass is 10.1. The van der Waals surface area contributed by atoms with Gasteiger partial charge in [0.2, 0.25) is 0 Å². The van der Waals surface area contributed by atoms with Crippen LogP contribution in [0.2, 0.25) is 0 Å². The van der Waals surface area contributed by atoms with Gasteiger partial charge in [-0.3, -0.25) is 4.98 Å². The van der Waals surface area contributed by atoms with E-state index in [-0.39, 0.29) is 0 Å². The monoisotopic (exact) mass is 204 g/mol. The molecule has 4 heteroatoms. The van der Waals surface area contributed by atoms with E-state index in [1.807, 2.05) is 6.20 Å². The molecule has 1 aromatic rings. The fourth-order valence-corrected chi connectivity index (χ4v) is 2.84. The molecule has 0 spiro atoms. The van der Waals surface area contributed by atoms with Crippen LogP contribution in [0.15, 0.2) is 12.4 Å². The van der Waals surface area contributed by atoms with Gasteiger partial charge < -0.3 is 10.6 Å². The quantitative estimate of drug-likeness (QED) is 0.778. The third kappa shape index (κ3) is 1.49. The summed E-state index contributed by atoms with van der Waals surface area (Å²) in [5.41, 5.74) is 6.46. The van der Waals surface area contributed by atoms with Gasteiger partial charge in [0, 0.05) is 25.3 Å². The van der Waals surface area contributed by atoms with Gasteiger partial charge in [0.25, 0.3) is 0 Å². The Kier molecular flexibility index (Phi) is 2.09. The Bertz CT molecular complexity index is 365. The summed E-state index contributed by atoms with van der Waals surface area (Å²) in [5.74, 6) is 1.91. The Labute approximate surface area is 89.5 Å². The molecular weight excluding hydrogens is 188 g/mol. The largest absolute Gasteiger partial charge is 0.352 e. The molecule has 2 unspecified atom stereocenters. The molecule has 1 aliphatic carbocycles. The number of rotatable bonds is 2. The van der Waals surface area contributed by atoms with E-state index in [1.165, 1.54) is 19.3 Å². The highest BCUT2D eigenvalue weighted by atomic mass is 15.3. The Hall–Kier alpha value is -1.16. The van der Waals surface area contributed by atoms with Crippen LogP contribution in [0, 0.1) is 5.92 Å². The minimum absolute atomic E-state index is 0.475. The SMILES string of the molecule is NCc1cncc(N2CC3CCC2C3)n1. The highest BCUT2D eigenvalue weighted by molar-refractivity contribution is 5.40. The zero-order chi connectivity index (χ0) is 10.3. The molecule has 3 rings (SSSR count). The van der Waals surface area contributed by atoms with Gasteiger partial charge in [0.1, 0.15) is 5.82 Å². The number of hydrogen-bond acceptors (Lipinski definition) is 4. The van der Waals surface area contributed by atoms with Gasteiger partial charge in [-0.15, -0.1) is 0 Å². The summed E-state index contributed by atoms with van der Waals surface area (Å²) in [6.07, 6.45) is 7.66. The first-order valence-electron chi connectivity index (χ1n) is 5.64. The lowest BCUT2D eigenvalue weighted by Gasteiger charge is -2.27. The van der Waals surface area contributed by atoms with E-state index in [2.05, 4.69) is 14.9 Å². The van der Waals surface area contributed by atoms with Crippen LogP contribution in [0.1, 0.15) is 25.0 Å². The number of nitrogens with zero attached hydrogens (tertiary/aromatic N) is 3. The highest BCUT2D eigenvalue weighted by Gasteiger charge is 2.38. The number of fused-ring (bicyclic) bond motifs is 2. The van der Waals surface area contributed by atoms with Crippen LogP contribution in [-0.4, -0.2) is 22.6 Å².